The van der Waals surface area contributed by atoms with Crippen LogP contribution in [0.25, 0.3) is 22.2 Å². The number of nitrogens with two attached hydrogens (primary N) is 1. The second-order valence-electron chi connectivity index (χ2n) is 9.90. The lowest BCUT2D eigenvalue weighted by molar-refractivity contribution is 0.0982. The van der Waals surface area contributed by atoms with Crippen molar-refractivity contribution >= 4 is 50.0 Å². The monoisotopic (exact) mass is 597 g/mol. The van der Waals surface area contributed by atoms with Gasteiger partial charge in [0.15, 0.2) is 5.11 Å². The molecular weight excluding hydrogens is 567 g/mol. The second-order valence-corrected chi connectivity index (χ2v) is 12.0. The maximum absolute atomic E-state index is 13.1. The SMILES string of the molecule is CCCCc1nc2ccc(NC(N)=S)cc2n1Cc1ccc(-c2ccccc2C(=O)NS(=O)(=O)c2ccccc2)cc1. The average Bonchev–Trinajstić information content (AvgIpc) is 3.32. The standard InChI is InChI=1S/C32H31N5O3S2/c1-2-3-13-30-35-28-19-18-24(34-32(33)41)20-29(28)37(30)21-22-14-16-23(17-15-22)26-11-7-8-12-27(26)31(38)36-42(39,40)25-9-5-4-6-10-25/h4-12,14-20H,2-3,13,21H2,1H3,(H,36,38)(H3,33,34,41). The van der Waals surface area contributed by atoms with Gasteiger partial charge in [0.25, 0.3) is 15.9 Å². The van der Waals surface area contributed by atoms with Crippen LogP contribution in [-0.2, 0) is 23.0 Å². The number of carbonyl (C=O) groups excluding carboxylic acids is 1. The molecule has 0 bridgehead atoms. The number of amides is 1. The zero-order valence-electron chi connectivity index (χ0n) is 23.1. The predicted octanol–water partition coefficient (Wildman–Crippen LogP) is 5.87. The Kier molecular flexibility index (Phi) is 8.65. The number of nitrogens with zero attached hydrogens (tertiary/aromatic N) is 2. The van der Waals surface area contributed by atoms with E-state index >= 15 is 0 Å². The lowest BCUT2D eigenvalue weighted by atomic mass is 9.98. The van der Waals surface area contributed by atoms with Gasteiger partial charge >= 0.3 is 0 Å². The fourth-order valence-corrected chi connectivity index (χ4v) is 5.94. The number of benzene rings is 4. The maximum atomic E-state index is 13.1. The van der Waals surface area contributed by atoms with E-state index in [9.17, 15) is 13.2 Å². The third kappa shape index (κ3) is 6.50. The summed E-state index contributed by atoms with van der Waals surface area (Å²) in [7, 11) is -4.01. The van der Waals surface area contributed by atoms with Crippen LogP contribution >= 0.6 is 12.2 Å². The molecule has 4 N–H and O–H groups in total. The maximum Gasteiger partial charge on any atom is 0.265 e. The molecule has 1 heterocycles. The van der Waals surface area contributed by atoms with Gasteiger partial charge in [-0.3, -0.25) is 4.79 Å². The molecule has 0 unspecified atom stereocenters. The van der Waals surface area contributed by atoms with Gasteiger partial charge in [0.1, 0.15) is 5.82 Å². The minimum Gasteiger partial charge on any atom is -0.376 e. The number of sulfonamides is 1. The van der Waals surface area contributed by atoms with Crippen molar-refractivity contribution in [2.24, 2.45) is 5.73 Å². The molecule has 0 spiro atoms. The molecule has 0 aliphatic heterocycles. The van der Waals surface area contributed by atoms with Crippen molar-refractivity contribution in [2.45, 2.75) is 37.6 Å². The third-order valence-electron chi connectivity index (χ3n) is 6.91. The first-order valence-electron chi connectivity index (χ1n) is 13.6. The van der Waals surface area contributed by atoms with E-state index in [1.807, 2.05) is 54.6 Å². The Bertz CT molecular complexity index is 1850. The zero-order chi connectivity index (χ0) is 29.7. The van der Waals surface area contributed by atoms with Gasteiger partial charge in [-0.05, 0) is 71.7 Å². The molecule has 1 amide bonds. The quantitative estimate of drug-likeness (QED) is 0.172. The van der Waals surface area contributed by atoms with E-state index in [4.69, 9.17) is 22.9 Å². The van der Waals surface area contributed by atoms with E-state index in [0.717, 1.165) is 52.9 Å². The summed E-state index contributed by atoms with van der Waals surface area (Å²) < 4.78 is 29.9. The number of unbranched alkanes of at least 4 members (excludes halogenated alkanes) is 1. The smallest absolute Gasteiger partial charge is 0.265 e. The number of carbonyl (C=O) groups is 1. The molecule has 10 heteroatoms. The normalized spacial score (nSPS) is 11.4. The molecule has 0 saturated heterocycles. The topological polar surface area (TPSA) is 119 Å². The van der Waals surface area contributed by atoms with Crippen molar-refractivity contribution in [3.63, 3.8) is 0 Å². The Morgan fingerprint density at radius 1 is 0.952 bits per heavy atom. The first-order valence-corrected chi connectivity index (χ1v) is 15.5. The molecule has 214 valence electrons. The average molecular weight is 598 g/mol. The van der Waals surface area contributed by atoms with Crippen LogP contribution < -0.4 is 15.8 Å². The van der Waals surface area contributed by atoms with E-state index in [2.05, 4.69) is 21.5 Å². The van der Waals surface area contributed by atoms with Gasteiger partial charge < -0.3 is 15.6 Å². The van der Waals surface area contributed by atoms with E-state index in [1.54, 1.807) is 30.3 Å². The van der Waals surface area contributed by atoms with Crippen LogP contribution in [0.15, 0.2) is 102 Å². The number of imidazole rings is 1. The lowest BCUT2D eigenvalue weighted by Crippen LogP contribution is -2.30. The van der Waals surface area contributed by atoms with E-state index in [-0.39, 0.29) is 15.6 Å². The van der Waals surface area contributed by atoms with Crippen LogP contribution in [0, 0.1) is 0 Å². The predicted molar refractivity (Wildman–Crippen MR) is 171 cm³/mol. The fraction of sp³-hybridized carbons (Fsp3) is 0.156. The number of rotatable bonds is 10. The van der Waals surface area contributed by atoms with Crippen LogP contribution in [-0.4, -0.2) is 29.0 Å². The molecule has 1 aromatic heterocycles. The number of aryl methyl sites for hydroxylation is 1. The fourth-order valence-electron chi connectivity index (χ4n) is 4.84. The lowest BCUT2D eigenvalue weighted by Gasteiger charge is -2.13. The van der Waals surface area contributed by atoms with Gasteiger partial charge in [-0.25, -0.2) is 18.1 Å². The summed E-state index contributed by atoms with van der Waals surface area (Å²) in [6.07, 6.45) is 2.95. The van der Waals surface area contributed by atoms with Crippen molar-refractivity contribution in [3.05, 3.63) is 114 Å². The molecule has 4 aromatic carbocycles. The van der Waals surface area contributed by atoms with Crippen molar-refractivity contribution in [1.29, 1.82) is 0 Å². The molecular formula is C32H31N5O3S2. The number of hydrogen-bond acceptors (Lipinski definition) is 5. The van der Waals surface area contributed by atoms with E-state index in [0.29, 0.717) is 12.1 Å². The van der Waals surface area contributed by atoms with Gasteiger partial charge in [0, 0.05) is 24.2 Å². The summed E-state index contributed by atoms with van der Waals surface area (Å²) in [5.41, 5.74) is 11.1. The largest absolute Gasteiger partial charge is 0.376 e. The summed E-state index contributed by atoms with van der Waals surface area (Å²) in [4.78, 5) is 18.0. The number of thiocarbonyl (C=S) groups is 1. The van der Waals surface area contributed by atoms with Crippen LogP contribution in [0.5, 0.6) is 0 Å². The Balaban J connectivity index is 1.42. The zero-order valence-corrected chi connectivity index (χ0v) is 24.7. The molecule has 0 aliphatic carbocycles. The molecule has 0 fully saturated rings. The van der Waals surface area contributed by atoms with Crippen molar-refractivity contribution in [1.82, 2.24) is 14.3 Å². The summed E-state index contributed by atoms with van der Waals surface area (Å²) in [6, 6.07) is 28.6. The molecule has 5 aromatic rings. The van der Waals surface area contributed by atoms with Crippen LogP contribution in [0.4, 0.5) is 5.69 Å². The summed E-state index contributed by atoms with van der Waals surface area (Å²) >= 11 is 5.02. The summed E-state index contributed by atoms with van der Waals surface area (Å²) in [5.74, 6) is 0.315. The number of anilines is 1. The Morgan fingerprint density at radius 3 is 2.38 bits per heavy atom. The van der Waals surface area contributed by atoms with Gasteiger partial charge in [-0.15, -0.1) is 0 Å². The summed E-state index contributed by atoms with van der Waals surface area (Å²) in [6.45, 7) is 2.76. The number of hydrogen-bond donors (Lipinski definition) is 3. The third-order valence-corrected chi connectivity index (χ3v) is 8.36. The van der Waals surface area contributed by atoms with Crippen LogP contribution in [0.2, 0.25) is 0 Å². The molecule has 0 atom stereocenters. The highest BCUT2D eigenvalue weighted by molar-refractivity contribution is 7.90. The van der Waals surface area contributed by atoms with Crippen LogP contribution in [0.3, 0.4) is 0 Å². The molecule has 8 nitrogen and oxygen atoms in total. The first-order chi connectivity index (χ1) is 20.2. The molecule has 42 heavy (non-hydrogen) atoms. The molecule has 5 rings (SSSR count). The molecule has 0 radical (unpaired) electrons. The Morgan fingerprint density at radius 2 is 1.67 bits per heavy atom. The highest BCUT2D eigenvalue weighted by atomic mass is 32.2. The van der Waals surface area contributed by atoms with Gasteiger partial charge in [0.05, 0.1) is 15.9 Å². The molecule has 0 saturated carbocycles. The first kappa shape index (κ1) is 29.0. The Hall–Kier alpha value is -4.54. The number of nitrogens with one attached hydrogen (secondary N) is 2. The van der Waals surface area contributed by atoms with Crippen LogP contribution in [0.1, 0.15) is 41.5 Å². The van der Waals surface area contributed by atoms with Crippen molar-refractivity contribution in [2.75, 3.05) is 5.32 Å². The number of fused-ring (bicyclic) bond motifs is 1. The summed E-state index contributed by atoms with van der Waals surface area (Å²) in [5, 5.41) is 3.20. The van der Waals surface area contributed by atoms with Gasteiger partial charge in [0.2, 0.25) is 0 Å². The minimum absolute atomic E-state index is 0.0270. The van der Waals surface area contributed by atoms with Crippen molar-refractivity contribution < 1.29 is 13.2 Å². The highest BCUT2D eigenvalue weighted by Crippen LogP contribution is 2.27. The molecule has 0 aliphatic rings. The second kappa shape index (κ2) is 12.5. The Labute approximate surface area is 250 Å². The van der Waals surface area contributed by atoms with Crippen molar-refractivity contribution in [3.8, 4) is 11.1 Å². The van der Waals surface area contributed by atoms with Gasteiger partial charge in [-0.2, -0.15) is 0 Å². The number of aromatic nitrogens is 2. The highest BCUT2D eigenvalue weighted by Gasteiger charge is 2.21. The minimum atomic E-state index is -4.01. The van der Waals surface area contributed by atoms with E-state index in [1.165, 1.54) is 12.1 Å². The van der Waals surface area contributed by atoms with E-state index < -0.39 is 15.9 Å². The van der Waals surface area contributed by atoms with Gasteiger partial charge in [-0.1, -0.05) is 74.0 Å².